The Bertz CT molecular complexity index is 3210. The van der Waals surface area contributed by atoms with Crippen LogP contribution in [0.25, 0.3) is 17.1 Å². The van der Waals surface area contributed by atoms with Crippen molar-refractivity contribution < 1.29 is 14.4 Å². The number of carbonyl (C=O) groups is 3. The number of ketones is 3. The van der Waals surface area contributed by atoms with Gasteiger partial charge in [-0.05, 0) is 147 Å². The van der Waals surface area contributed by atoms with Crippen LogP contribution < -0.4 is 16.0 Å². The third-order valence-electron chi connectivity index (χ3n) is 14.6. The summed E-state index contributed by atoms with van der Waals surface area (Å²) in [7, 11) is 0. The first kappa shape index (κ1) is 45.8. The van der Waals surface area contributed by atoms with Crippen LogP contribution in [0.15, 0.2) is 121 Å². The van der Waals surface area contributed by atoms with Gasteiger partial charge >= 0.3 is 0 Å². The third kappa shape index (κ3) is 8.23. The van der Waals surface area contributed by atoms with E-state index in [0.29, 0.717) is 19.3 Å². The molecule has 6 heterocycles. The fourth-order valence-electron chi connectivity index (χ4n) is 11.5. The van der Waals surface area contributed by atoms with Crippen molar-refractivity contribution in [3.8, 4) is 17.1 Å². The zero-order chi connectivity index (χ0) is 50.9. The van der Waals surface area contributed by atoms with Gasteiger partial charge in [-0.2, -0.15) is 30.0 Å². The Morgan fingerprint density at radius 1 is 0.384 bits per heavy atom. The summed E-state index contributed by atoms with van der Waals surface area (Å²) in [5, 5.41) is 10.1. The fraction of sp³-hybridized carbons (Fsp3) is 0.316. The molecule has 368 valence electrons. The van der Waals surface area contributed by atoms with Gasteiger partial charge in [0.1, 0.15) is 0 Å². The normalized spacial score (nSPS) is 19.0. The summed E-state index contributed by atoms with van der Waals surface area (Å²) in [5.74, 6) is 2.14. The van der Waals surface area contributed by atoms with Crippen molar-refractivity contribution in [1.29, 1.82) is 0 Å². The number of aromatic nitrogens is 3. The highest BCUT2D eigenvalue weighted by Gasteiger charge is 2.38. The number of aryl methyl sites for hydroxylation is 3. The van der Waals surface area contributed by atoms with E-state index >= 15 is 0 Å². The van der Waals surface area contributed by atoms with Crippen molar-refractivity contribution in [3.63, 3.8) is 0 Å². The number of hydrogen-bond donors (Lipinski definition) is 3. The van der Waals surface area contributed by atoms with E-state index in [1.807, 2.05) is 112 Å². The first-order valence-electron chi connectivity index (χ1n) is 24.9. The molecule has 3 aromatic heterocycles. The Balaban J connectivity index is 0.852. The summed E-state index contributed by atoms with van der Waals surface area (Å²) < 4.78 is 6.54. The van der Waals surface area contributed by atoms with Crippen molar-refractivity contribution in [2.24, 2.45) is 46.2 Å². The van der Waals surface area contributed by atoms with E-state index < -0.39 is 0 Å². The van der Waals surface area contributed by atoms with Gasteiger partial charge in [0.05, 0.1) is 0 Å². The lowest BCUT2D eigenvalue weighted by molar-refractivity contribution is 0.0901. The maximum absolute atomic E-state index is 13.1. The molecular weight excluding hydrogens is 915 g/mol. The Morgan fingerprint density at radius 3 is 0.904 bits per heavy atom. The molecule has 0 radical (unpaired) electrons. The van der Waals surface area contributed by atoms with Crippen LogP contribution in [0, 0.1) is 37.0 Å². The molecule has 3 aliphatic carbocycles. The van der Waals surface area contributed by atoms with Crippen LogP contribution in [0.3, 0.4) is 0 Å². The molecule has 0 spiro atoms. The molecule has 0 saturated heterocycles. The highest BCUT2D eigenvalue weighted by Crippen LogP contribution is 2.41. The molecule has 0 fully saturated rings. The molecule has 73 heavy (non-hydrogen) atoms. The number of guanidine groups is 6. The second-order valence-corrected chi connectivity index (χ2v) is 22.7. The van der Waals surface area contributed by atoms with Crippen LogP contribution >= 0.6 is 0 Å². The summed E-state index contributed by atoms with van der Waals surface area (Å²) in [6.45, 7) is 19.0. The second-order valence-electron chi connectivity index (χ2n) is 22.7. The van der Waals surface area contributed by atoms with Crippen molar-refractivity contribution in [2.75, 3.05) is 16.0 Å². The molecule has 0 unspecified atom stereocenters. The van der Waals surface area contributed by atoms with Gasteiger partial charge in [-0.15, -0.1) is 0 Å². The number of rotatable bonds is 6. The number of fused-ring (bicyclic) bond motifs is 3. The number of benzene rings is 3. The largest absolute Gasteiger partial charge is 0.324 e. The van der Waals surface area contributed by atoms with Crippen molar-refractivity contribution in [2.45, 2.75) is 101 Å². The predicted octanol–water partition coefficient (Wildman–Crippen LogP) is 10.6. The summed E-state index contributed by atoms with van der Waals surface area (Å²) in [4.78, 5) is 70.1. The summed E-state index contributed by atoms with van der Waals surface area (Å²) in [6.07, 6.45) is 4.04. The highest BCUT2D eigenvalue weighted by molar-refractivity contribution is 6.32. The maximum Gasteiger partial charge on any atom is 0.246 e. The average molecular weight is 972 g/mol. The van der Waals surface area contributed by atoms with Crippen LogP contribution in [-0.2, 0) is 19.3 Å². The molecular formula is C57H57N13O3. The molecule has 3 aromatic carbocycles. The van der Waals surface area contributed by atoms with E-state index in [1.165, 1.54) is 0 Å². The fourth-order valence-corrected chi connectivity index (χ4v) is 11.5. The zero-order valence-electron chi connectivity index (χ0n) is 42.6. The van der Waals surface area contributed by atoms with Gasteiger partial charge in [0.15, 0.2) is 17.3 Å². The van der Waals surface area contributed by atoms with Crippen molar-refractivity contribution in [3.05, 3.63) is 142 Å². The van der Waals surface area contributed by atoms with Gasteiger partial charge in [0.2, 0.25) is 35.8 Å². The smallest absolute Gasteiger partial charge is 0.246 e. The second kappa shape index (κ2) is 16.4. The maximum atomic E-state index is 13.1. The molecule has 16 nitrogen and oxygen atoms in total. The standard InChI is InChI=1S/C57H57N13O3/c1-31-22-40-43(25-55(4,5)28-46(40)71)67(31)37-16-10-34(11-17-37)58-49-61-52-63-50(59-35-12-18-38(19-13-35)68-32(2)23-41-44(68)26-56(6,7)29-47(41)72)65-54-66-51(64-53(62-49)70(52)54)60-36-14-20-39(21-15-36)69-33(3)24-42-45(69)27-57(8,9)30-48(42)73/h10-24H,25-30H2,1-9H3,(H3,58,59,60,61,62,63,64,65,66). The number of nitrogens with zero attached hydrogens (tertiary/aromatic N) is 10. The highest BCUT2D eigenvalue weighted by atomic mass is 16.1. The molecule has 0 atom stereocenters. The molecule has 16 heteroatoms. The molecule has 12 rings (SSSR count). The molecule has 0 bridgehead atoms. The number of carbonyl (C=O) groups excluding carboxylic acids is 3. The summed E-state index contributed by atoms with van der Waals surface area (Å²) in [5.41, 5.74) is 13.3. The molecule has 0 saturated carbocycles. The Labute approximate surface area is 423 Å². The van der Waals surface area contributed by atoms with E-state index in [-0.39, 0.29) is 69.4 Å². The minimum Gasteiger partial charge on any atom is -0.324 e. The lowest BCUT2D eigenvalue weighted by Gasteiger charge is -2.30. The lowest BCUT2D eigenvalue weighted by atomic mass is 9.76. The number of aliphatic imine (C=N–C) groups is 6. The van der Waals surface area contributed by atoms with E-state index in [1.54, 1.807) is 4.90 Å². The first-order valence-corrected chi connectivity index (χ1v) is 24.9. The molecule has 3 aliphatic heterocycles. The third-order valence-corrected chi connectivity index (χ3v) is 14.6. The average Bonchev–Trinajstić information content (AvgIpc) is 3.94. The minimum atomic E-state index is -0.120. The van der Waals surface area contributed by atoms with E-state index in [4.69, 9.17) is 30.0 Å². The lowest BCUT2D eigenvalue weighted by Crippen LogP contribution is -2.49. The topological polar surface area (TPSA) is 179 Å². The first-order chi connectivity index (χ1) is 34.7. The zero-order valence-corrected chi connectivity index (χ0v) is 42.6. The molecule has 0 amide bonds. The Morgan fingerprint density at radius 2 is 0.644 bits per heavy atom. The Kier molecular flexibility index (Phi) is 10.3. The Hall–Kier alpha value is -8.27. The van der Waals surface area contributed by atoms with E-state index in [0.717, 1.165) is 104 Å². The van der Waals surface area contributed by atoms with Crippen LogP contribution in [0.4, 0.5) is 17.1 Å². The predicted molar refractivity (Wildman–Crippen MR) is 288 cm³/mol. The number of Topliss-reactive ketones (excluding diaryl/α,β-unsaturated/α-hetero) is 3. The molecule has 6 aliphatic rings. The summed E-state index contributed by atoms with van der Waals surface area (Å²) in [6, 6.07) is 30.0. The molecule has 3 N–H and O–H groups in total. The van der Waals surface area contributed by atoms with Gasteiger partial charge in [0, 0.05) is 104 Å². The minimum absolute atomic E-state index is 0.120. The van der Waals surface area contributed by atoms with E-state index in [2.05, 4.69) is 71.2 Å². The van der Waals surface area contributed by atoms with Gasteiger partial charge in [-0.25, -0.2) is 4.90 Å². The monoisotopic (exact) mass is 971 g/mol. The van der Waals surface area contributed by atoms with Crippen LogP contribution in [-0.4, -0.2) is 71.7 Å². The quantitative estimate of drug-likeness (QED) is 0.149. The van der Waals surface area contributed by atoms with Crippen molar-refractivity contribution in [1.82, 2.24) is 18.6 Å². The van der Waals surface area contributed by atoms with Crippen LogP contribution in [0.1, 0.15) is 126 Å². The van der Waals surface area contributed by atoms with Gasteiger partial charge < -0.3 is 29.7 Å². The van der Waals surface area contributed by atoms with Gasteiger partial charge in [0.25, 0.3) is 0 Å². The van der Waals surface area contributed by atoms with Gasteiger partial charge in [-0.3, -0.25) is 14.4 Å². The summed E-state index contributed by atoms with van der Waals surface area (Å²) >= 11 is 0. The number of nitrogens with one attached hydrogen (secondary N) is 3. The molecule has 6 aromatic rings. The van der Waals surface area contributed by atoms with Crippen LogP contribution in [0.2, 0.25) is 0 Å². The number of hydrogen-bond acceptors (Lipinski definition) is 13. The van der Waals surface area contributed by atoms with E-state index in [9.17, 15) is 14.4 Å². The SMILES string of the molecule is Cc1cc2c(n1-c1ccc(NC3=NC4=NC(Nc5ccc(-n6c(C)cc7c6CC(C)(C)CC7=O)cc5)=NC5=NC(Nc6ccc(-n7c(C)cc8c7CC(C)(C)CC8=O)cc6)=NC(=N3)N45)cc1)CC(C)(C)CC2=O. The van der Waals surface area contributed by atoms with Gasteiger partial charge in [-0.1, -0.05) is 41.5 Å². The number of anilines is 3. The van der Waals surface area contributed by atoms with Crippen molar-refractivity contribution >= 4 is 70.2 Å². The van der Waals surface area contributed by atoms with Crippen LogP contribution in [0.5, 0.6) is 0 Å².